The van der Waals surface area contributed by atoms with Crippen molar-refractivity contribution in [2.75, 3.05) is 18.1 Å². The average Bonchev–Trinajstić information content (AvgIpc) is 2.79. The first-order valence-electron chi connectivity index (χ1n) is 10.2. The van der Waals surface area contributed by atoms with E-state index in [9.17, 15) is 0 Å². The fourth-order valence-corrected chi connectivity index (χ4v) is 6.38. The largest absolute Gasteiger partial charge is 0.346 e. The fourth-order valence-electron chi connectivity index (χ4n) is 3.70. The molecule has 0 spiro atoms. The predicted molar refractivity (Wildman–Crippen MR) is 119 cm³/mol. The summed E-state index contributed by atoms with van der Waals surface area (Å²) in [7, 11) is 0. The molecule has 6 heteroatoms. The van der Waals surface area contributed by atoms with Gasteiger partial charge in [0.15, 0.2) is 12.6 Å². The molecule has 2 heterocycles. The molecule has 4 rings (SSSR count). The summed E-state index contributed by atoms with van der Waals surface area (Å²) in [6, 6.07) is 20.2. The van der Waals surface area contributed by atoms with E-state index in [-0.39, 0.29) is 29.2 Å². The standard InChI is InChI=1S/C23H28O4S2/c1-3-28-23(29-4-2)20-19-18(25-22(27-20)17-13-9-6-10-14-17)15-24-21(26-19)16-11-7-5-8-12-16/h5-14,18-23H,3-4,15H2,1-2H3/t18-,19+,20-,21?,22?/m1/s1. The molecule has 29 heavy (non-hydrogen) atoms. The minimum absolute atomic E-state index is 0.0797. The van der Waals surface area contributed by atoms with Crippen LogP contribution in [-0.4, -0.2) is 41.0 Å². The summed E-state index contributed by atoms with van der Waals surface area (Å²) in [5.41, 5.74) is 2.06. The molecule has 0 saturated carbocycles. The first-order chi connectivity index (χ1) is 14.3. The van der Waals surface area contributed by atoms with Gasteiger partial charge in [-0.2, -0.15) is 0 Å². The molecule has 2 aromatic rings. The van der Waals surface area contributed by atoms with Crippen LogP contribution in [0.25, 0.3) is 0 Å². The number of ether oxygens (including phenoxy) is 4. The van der Waals surface area contributed by atoms with Gasteiger partial charge in [-0.05, 0) is 11.5 Å². The second-order valence-corrected chi connectivity index (χ2v) is 10.1. The zero-order chi connectivity index (χ0) is 20.1. The molecule has 4 nitrogen and oxygen atoms in total. The molecule has 156 valence electrons. The van der Waals surface area contributed by atoms with Gasteiger partial charge in [-0.1, -0.05) is 74.5 Å². The van der Waals surface area contributed by atoms with E-state index in [4.69, 9.17) is 18.9 Å². The minimum atomic E-state index is -0.402. The van der Waals surface area contributed by atoms with Crippen molar-refractivity contribution in [2.24, 2.45) is 0 Å². The van der Waals surface area contributed by atoms with Crippen LogP contribution in [0.4, 0.5) is 0 Å². The van der Waals surface area contributed by atoms with Gasteiger partial charge in [0.25, 0.3) is 0 Å². The van der Waals surface area contributed by atoms with Crippen LogP contribution < -0.4 is 0 Å². The number of thioether (sulfide) groups is 2. The summed E-state index contributed by atoms with van der Waals surface area (Å²) in [5, 5.41) is 0. The highest BCUT2D eigenvalue weighted by Crippen LogP contribution is 2.43. The highest BCUT2D eigenvalue weighted by molar-refractivity contribution is 8.17. The Morgan fingerprint density at radius 3 is 1.97 bits per heavy atom. The summed E-state index contributed by atoms with van der Waals surface area (Å²) >= 11 is 3.84. The molecule has 2 aromatic carbocycles. The lowest BCUT2D eigenvalue weighted by atomic mass is 10.0. The van der Waals surface area contributed by atoms with Gasteiger partial charge >= 0.3 is 0 Å². The van der Waals surface area contributed by atoms with Gasteiger partial charge in [-0.3, -0.25) is 0 Å². The summed E-state index contributed by atoms with van der Waals surface area (Å²) in [5.74, 6) is 2.06. The highest BCUT2D eigenvalue weighted by Gasteiger charge is 2.48. The quantitative estimate of drug-likeness (QED) is 0.544. The Morgan fingerprint density at radius 1 is 0.793 bits per heavy atom. The molecule has 2 saturated heterocycles. The first-order valence-corrected chi connectivity index (χ1v) is 12.3. The summed E-state index contributed by atoms with van der Waals surface area (Å²) in [6.45, 7) is 4.88. The zero-order valence-corrected chi connectivity index (χ0v) is 18.4. The van der Waals surface area contributed by atoms with E-state index in [1.54, 1.807) is 0 Å². The molecule has 0 radical (unpaired) electrons. The van der Waals surface area contributed by atoms with Crippen molar-refractivity contribution in [3.05, 3.63) is 71.8 Å². The summed E-state index contributed by atoms with van der Waals surface area (Å²) in [4.78, 5) is 0. The molecule has 0 bridgehead atoms. The van der Waals surface area contributed by atoms with E-state index in [1.807, 2.05) is 84.2 Å². The molecule has 2 aliphatic heterocycles. The van der Waals surface area contributed by atoms with E-state index in [0.717, 1.165) is 22.6 Å². The molecule has 0 amide bonds. The lowest BCUT2D eigenvalue weighted by molar-refractivity contribution is -0.361. The normalized spacial score (nSPS) is 29.6. The Kier molecular flexibility index (Phi) is 7.56. The Morgan fingerprint density at radius 2 is 1.38 bits per heavy atom. The van der Waals surface area contributed by atoms with Crippen molar-refractivity contribution in [3.63, 3.8) is 0 Å². The Bertz CT molecular complexity index is 739. The van der Waals surface area contributed by atoms with Crippen LogP contribution in [-0.2, 0) is 18.9 Å². The SMILES string of the molecule is CCSC(SCC)[C@@H]1OC(c2ccccc2)O[C@@H]2COC(c3ccccc3)O[C@@H]21. The Hall–Kier alpha value is -1.02. The molecular formula is C23H28O4S2. The van der Waals surface area contributed by atoms with E-state index >= 15 is 0 Å². The third-order valence-corrected chi connectivity index (χ3v) is 7.71. The van der Waals surface area contributed by atoms with Crippen LogP contribution in [0.5, 0.6) is 0 Å². The number of benzene rings is 2. The van der Waals surface area contributed by atoms with Crippen molar-refractivity contribution < 1.29 is 18.9 Å². The zero-order valence-electron chi connectivity index (χ0n) is 16.8. The lowest BCUT2D eigenvalue weighted by Gasteiger charge is -2.47. The monoisotopic (exact) mass is 432 g/mol. The van der Waals surface area contributed by atoms with Gasteiger partial charge in [-0.15, -0.1) is 23.5 Å². The Balaban J connectivity index is 1.59. The van der Waals surface area contributed by atoms with Gasteiger partial charge in [0.05, 0.1) is 11.2 Å². The van der Waals surface area contributed by atoms with Crippen LogP contribution in [0.15, 0.2) is 60.7 Å². The second-order valence-electron chi connectivity index (χ2n) is 6.97. The van der Waals surface area contributed by atoms with Crippen molar-refractivity contribution in [1.29, 1.82) is 0 Å². The third kappa shape index (κ3) is 5.01. The topological polar surface area (TPSA) is 36.9 Å². The van der Waals surface area contributed by atoms with Crippen molar-refractivity contribution >= 4 is 23.5 Å². The van der Waals surface area contributed by atoms with E-state index in [2.05, 4.69) is 13.8 Å². The maximum Gasteiger partial charge on any atom is 0.184 e. The maximum atomic E-state index is 6.55. The number of hydrogen-bond acceptors (Lipinski definition) is 6. The highest BCUT2D eigenvalue weighted by atomic mass is 32.2. The van der Waals surface area contributed by atoms with E-state index < -0.39 is 6.29 Å². The molecule has 2 unspecified atom stereocenters. The van der Waals surface area contributed by atoms with Crippen molar-refractivity contribution in [2.45, 2.75) is 49.3 Å². The smallest absolute Gasteiger partial charge is 0.184 e. The van der Waals surface area contributed by atoms with Gasteiger partial charge in [0.1, 0.15) is 18.3 Å². The van der Waals surface area contributed by atoms with Crippen LogP contribution in [0, 0.1) is 0 Å². The lowest BCUT2D eigenvalue weighted by Crippen LogP contribution is -2.56. The van der Waals surface area contributed by atoms with Crippen LogP contribution in [0.3, 0.4) is 0 Å². The maximum absolute atomic E-state index is 6.55. The molecule has 5 atom stereocenters. The molecule has 2 aliphatic rings. The molecule has 0 aliphatic carbocycles. The number of hydrogen-bond donors (Lipinski definition) is 0. The van der Waals surface area contributed by atoms with Crippen LogP contribution >= 0.6 is 23.5 Å². The average molecular weight is 433 g/mol. The van der Waals surface area contributed by atoms with Crippen LogP contribution in [0.2, 0.25) is 0 Å². The van der Waals surface area contributed by atoms with Crippen LogP contribution in [0.1, 0.15) is 37.6 Å². The molecular weight excluding hydrogens is 404 g/mol. The fraction of sp³-hybridized carbons (Fsp3) is 0.478. The third-order valence-electron chi connectivity index (χ3n) is 5.04. The van der Waals surface area contributed by atoms with Crippen molar-refractivity contribution in [3.8, 4) is 0 Å². The minimum Gasteiger partial charge on any atom is -0.346 e. The van der Waals surface area contributed by atoms with E-state index in [0.29, 0.717) is 6.61 Å². The molecule has 2 fully saturated rings. The number of fused-ring (bicyclic) bond motifs is 1. The summed E-state index contributed by atoms with van der Waals surface area (Å²) < 4.78 is 25.6. The predicted octanol–water partition coefficient (Wildman–Crippen LogP) is 5.42. The summed E-state index contributed by atoms with van der Waals surface area (Å²) in [6.07, 6.45) is -1.20. The van der Waals surface area contributed by atoms with Gasteiger partial charge in [0, 0.05) is 11.1 Å². The van der Waals surface area contributed by atoms with Crippen molar-refractivity contribution in [1.82, 2.24) is 0 Å². The van der Waals surface area contributed by atoms with E-state index in [1.165, 1.54) is 0 Å². The molecule has 0 aromatic heterocycles. The van der Waals surface area contributed by atoms with Gasteiger partial charge in [-0.25, -0.2) is 0 Å². The number of rotatable bonds is 7. The van der Waals surface area contributed by atoms with Gasteiger partial charge in [0.2, 0.25) is 0 Å². The first kappa shape index (κ1) is 21.2. The van der Waals surface area contributed by atoms with Gasteiger partial charge < -0.3 is 18.9 Å². The second kappa shape index (κ2) is 10.3. The Labute approximate surface area is 181 Å². The molecule has 0 N–H and O–H groups in total.